The van der Waals surface area contributed by atoms with Gasteiger partial charge in [0, 0.05) is 12.8 Å². The molecular weight excluding hydrogens is 701 g/mol. The van der Waals surface area contributed by atoms with Crippen LogP contribution in [-0.2, 0) is 32.7 Å². The Labute approximate surface area is 332 Å². The highest BCUT2D eigenvalue weighted by Gasteiger charge is 2.21. The largest absolute Gasteiger partial charge is 0.756 e. The molecule has 10 heteroatoms. The number of hydrogen-bond acceptors (Lipinski definition) is 8. The third kappa shape index (κ3) is 40.2. The van der Waals surface area contributed by atoms with Gasteiger partial charge in [-0.1, -0.05) is 141 Å². The Morgan fingerprint density at radius 2 is 0.944 bits per heavy atom. The van der Waals surface area contributed by atoms with E-state index in [4.69, 9.17) is 18.5 Å². The van der Waals surface area contributed by atoms with E-state index in [1.807, 2.05) is 21.1 Å². The zero-order chi connectivity index (χ0) is 40.0. The quantitative estimate of drug-likeness (QED) is 0.0198. The first-order valence-electron chi connectivity index (χ1n) is 22.0. The maximum Gasteiger partial charge on any atom is 0.306 e. The summed E-state index contributed by atoms with van der Waals surface area (Å²) in [6, 6.07) is 0. The lowest BCUT2D eigenvalue weighted by Crippen LogP contribution is -2.37. The van der Waals surface area contributed by atoms with Gasteiger partial charge >= 0.3 is 11.9 Å². The van der Waals surface area contributed by atoms with Crippen molar-refractivity contribution in [3.63, 3.8) is 0 Å². The molecule has 0 amide bonds. The van der Waals surface area contributed by atoms with Gasteiger partial charge in [-0.3, -0.25) is 14.2 Å². The highest BCUT2D eigenvalue weighted by molar-refractivity contribution is 7.45. The fourth-order valence-electron chi connectivity index (χ4n) is 5.94. The van der Waals surface area contributed by atoms with Crippen molar-refractivity contribution < 1.29 is 42.1 Å². The van der Waals surface area contributed by atoms with E-state index in [-0.39, 0.29) is 26.1 Å². The summed E-state index contributed by atoms with van der Waals surface area (Å²) in [5.41, 5.74) is 0. The topological polar surface area (TPSA) is 111 Å². The Hall–Kier alpha value is -1.51. The molecule has 2 atom stereocenters. The van der Waals surface area contributed by atoms with Crippen LogP contribution in [0.2, 0.25) is 0 Å². The van der Waals surface area contributed by atoms with Crippen LogP contribution in [0.1, 0.15) is 194 Å². The molecule has 0 aromatic carbocycles. The standard InChI is InChI=1S/C44H84NO8P/c1-6-8-10-12-14-16-18-20-21-22-23-25-27-29-31-33-35-37-44(47)53-42(41-52-54(48,49)51-39-38-45(3,4)5)40-50-43(46)36-34-32-30-28-26-24-19-17-15-13-11-9-7-2/h17,19-21,42H,6-16,18,22-41H2,1-5H3/b19-17-,21-20-/t42-/m1/s1. The number of hydrogen-bond donors (Lipinski definition) is 0. The Balaban J connectivity index is 4.36. The Bertz CT molecular complexity index is 980. The van der Waals surface area contributed by atoms with Crippen LogP contribution in [0.15, 0.2) is 24.3 Å². The SMILES string of the molecule is CCCCCC/C=C\CCCCCCCC(=O)OC[C@H](COP(=O)([O-])OCC[N+](C)(C)C)OC(=O)CCCCCCCCC/C=C\CCCCCCCC. The van der Waals surface area contributed by atoms with Crippen LogP contribution in [0.25, 0.3) is 0 Å². The van der Waals surface area contributed by atoms with E-state index >= 15 is 0 Å². The van der Waals surface area contributed by atoms with Crippen molar-refractivity contribution in [3.8, 4) is 0 Å². The van der Waals surface area contributed by atoms with Crippen LogP contribution in [0, 0.1) is 0 Å². The molecule has 0 radical (unpaired) electrons. The summed E-state index contributed by atoms with van der Waals surface area (Å²) in [5.74, 6) is -0.846. The summed E-state index contributed by atoms with van der Waals surface area (Å²) < 4.78 is 33.9. The molecule has 0 fully saturated rings. The highest BCUT2D eigenvalue weighted by atomic mass is 31.2. The van der Waals surface area contributed by atoms with Gasteiger partial charge in [0.15, 0.2) is 6.10 Å². The number of rotatable bonds is 40. The third-order valence-electron chi connectivity index (χ3n) is 9.44. The first-order valence-corrected chi connectivity index (χ1v) is 23.5. The number of likely N-dealkylation sites (N-methyl/N-ethyl adjacent to an activating group) is 1. The summed E-state index contributed by atoms with van der Waals surface area (Å²) in [4.78, 5) is 37.5. The molecule has 0 bridgehead atoms. The lowest BCUT2D eigenvalue weighted by molar-refractivity contribution is -0.870. The van der Waals surface area contributed by atoms with Gasteiger partial charge in [-0.2, -0.15) is 0 Å². The predicted molar refractivity (Wildman–Crippen MR) is 222 cm³/mol. The van der Waals surface area contributed by atoms with Crippen molar-refractivity contribution in [3.05, 3.63) is 24.3 Å². The van der Waals surface area contributed by atoms with Crippen molar-refractivity contribution in [1.82, 2.24) is 0 Å². The monoisotopic (exact) mass is 786 g/mol. The van der Waals surface area contributed by atoms with Crippen LogP contribution in [0.5, 0.6) is 0 Å². The summed E-state index contributed by atoms with van der Waals surface area (Å²) in [5, 5.41) is 0. The van der Waals surface area contributed by atoms with Gasteiger partial charge in [-0.15, -0.1) is 0 Å². The van der Waals surface area contributed by atoms with E-state index in [2.05, 4.69) is 38.2 Å². The van der Waals surface area contributed by atoms with Crippen molar-refractivity contribution in [1.29, 1.82) is 0 Å². The van der Waals surface area contributed by atoms with Gasteiger partial charge in [0.1, 0.15) is 19.8 Å². The molecule has 54 heavy (non-hydrogen) atoms. The summed E-state index contributed by atoms with van der Waals surface area (Å²) in [7, 11) is 1.16. The number of nitrogens with zero attached hydrogens (tertiary/aromatic N) is 1. The highest BCUT2D eigenvalue weighted by Crippen LogP contribution is 2.38. The predicted octanol–water partition coefficient (Wildman–Crippen LogP) is 11.7. The normalized spacial score (nSPS) is 13.8. The van der Waals surface area contributed by atoms with Gasteiger partial charge in [-0.05, 0) is 64.2 Å². The summed E-state index contributed by atoms with van der Waals surface area (Å²) in [6.45, 7) is 4.20. The van der Waals surface area contributed by atoms with Gasteiger partial charge in [0.25, 0.3) is 7.82 Å². The molecule has 0 aliphatic heterocycles. The smallest absolute Gasteiger partial charge is 0.306 e. The molecule has 0 aromatic heterocycles. The van der Waals surface area contributed by atoms with Gasteiger partial charge < -0.3 is 27.9 Å². The lowest BCUT2D eigenvalue weighted by Gasteiger charge is -2.28. The average Bonchev–Trinajstić information content (AvgIpc) is 3.12. The Morgan fingerprint density at radius 1 is 0.556 bits per heavy atom. The fourth-order valence-corrected chi connectivity index (χ4v) is 6.67. The van der Waals surface area contributed by atoms with E-state index in [1.54, 1.807) is 0 Å². The molecule has 0 heterocycles. The minimum absolute atomic E-state index is 0.0318. The lowest BCUT2D eigenvalue weighted by atomic mass is 10.1. The molecule has 9 nitrogen and oxygen atoms in total. The molecule has 0 aromatic rings. The van der Waals surface area contributed by atoms with Gasteiger partial charge in [0.2, 0.25) is 0 Å². The molecule has 0 aliphatic rings. The number of phosphoric acid groups is 1. The van der Waals surface area contributed by atoms with Crippen molar-refractivity contribution >= 4 is 19.8 Å². The van der Waals surface area contributed by atoms with E-state index in [0.717, 1.165) is 64.2 Å². The number of unbranched alkanes of at least 4 members (excludes halogenated alkanes) is 22. The van der Waals surface area contributed by atoms with E-state index in [0.29, 0.717) is 17.4 Å². The number of carbonyl (C=O) groups excluding carboxylic acids is 2. The number of esters is 2. The number of allylic oxidation sites excluding steroid dienone is 4. The van der Waals surface area contributed by atoms with E-state index in [9.17, 15) is 19.0 Å². The second-order valence-corrected chi connectivity index (χ2v) is 17.5. The molecule has 0 saturated heterocycles. The molecule has 1 unspecified atom stereocenters. The summed E-state index contributed by atoms with van der Waals surface area (Å²) in [6.07, 6.45) is 39.1. The molecule has 0 rings (SSSR count). The minimum atomic E-state index is -4.62. The second-order valence-electron chi connectivity index (χ2n) is 16.1. The fraction of sp³-hybridized carbons (Fsp3) is 0.864. The van der Waals surface area contributed by atoms with Crippen molar-refractivity contribution in [2.75, 3.05) is 47.5 Å². The Kier molecular flexibility index (Phi) is 36.1. The van der Waals surface area contributed by atoms with E-state index < -0.39 is 32.5 Å². The van der Waals surface area contributed by atoms with Crippen molar-refractivity contribution in [2.24, 2.45) is 0 Å². The molecular formula is C44H84NO8P. The molecule has 0 spiro atoms. The van der Waals surface area contributed by atoms with Crippen LogP contribution in [0.3, 0.4) is 0 Å². The van der Waals surface area contributed by atoms with Crippen LogP contribution < -0.4 is 4.89 Å². The van der Waals surface area contributed by atoms with Gasteiger partial charge in [-0.25, -0.2) is 0 Å². The van der Waals surface area contributed by atoms with Crippen LogP contribution >= 0.6 is 7.82 Å². The molecule has 0 aliphatic carbocycles. The number of quaternary nitrogens is 1. The first kappa shape index (κ1) is 52.5. The zero-order valence-corrected chi connectivity index (χ0v) is 36.6. The zero-order valence-electron chi connectivity index (χ0n) is 35.7. The van der Waals surface area contributed by atoms with Crippen LogP contribution in [0.4, 0.5) is 0 Å². The molecule has 318 valence electrons. The van der Waals surface area contributed by atoms with E-state index in [1.165, 1.54) is 96.3 Å². The number of ether oxygens (including phenoxy) is 2. The number of phosphoric ester groups is 1. The number of carbonyl (C=O) groups is 2. The van der Waals surface area contributed by atoms with Crippen molar-refractivity contribution in [2.45, 2.75) is 200 Å². The maximum atomic E-state index is 12.7. The third-order valence-corrected chi connectivity index (χ3v) is 10.4. The first-order chi connectivity index (χ1) is 26.0. The second kappa shape index (κ2) is 37.1. The molecule has 0 saturated carbocycles. The Morgan fingerprint density at radius 3 is 1.39 bits per heavy atom. The van der Waals surface area contributed by atoms with Gasteiger partial charge in [0.05, 0.1) is 27.7 Å². The minimum Gasteiger partial charge on any atom is -0.756 e. The molecule has 0 N–H and O–H groups in total. The maximum absolute atomic E-state index is 12.7. The van der Waals surface area contributed by atoms with Crippen LogP contribution in [-0.4, -0.2) is 70.0 Å². The summed E-state index contributed by atoms with van der Waals surface area (Å²) >= 11 is 0. The average molecular weight is 786 g/mol.